The lowest BCUT2D eigenvalue weighted by atomic mass is 9.82. The second-order valence-electron chi connectivity index (χ2n) is 5.66. The third-order valence-electron chi connectivity index (χ3n) is 1.97. The molecule has 0 aliphatic carbocycles. The molecule has 0 aliphatic rings. The van der Waals surface area contributed by atoms with Crippen LogP contribution in [-0.2, 0) is 4.79 Å². The van der Waals surface area contributed by atoms with Crippen LogP contribution in [-0.4, -0.2) is 10.9 Å². The van der Waals surface area contributed by atoms with Gasteiger partial charge in [-0.3, -0.25) is 4.79 Å². The zero-order chi connectivity index (χ0) is 12.4. The summed E-state index contributed by atoms with van der Waals surface area (Å²) >= 11 is 0. The summed E-state index contributed by atoms with van der Waals surface area (Å²) in [5.41, 5.74) is -1.36. The number of hydrogen-bond donors (Lipinski definition) is 1. The normalized spacial score (nSPS) is 14.2. The van der Waals surface area contributed by atoms with E-state index < -0.39 is 10.8 Å². The van der Waals surface area contributed by atoms with Crippen LogP contribution in [0.2, 0.25) is 0 Å². The molecule has 0 amide bonds. The van der Waals surface area contributed by atoms with Crippen molar-refractivity contribution in [2.75, 3.05) is 0 Å². The lowest BCUT2D eigenvalue weighted by Gasteiger charge is -2.22. The Hall–Kier alpha value is -1.30. The summed E-state index contributed by atoms with van der Waals surface area (Å²) in [7, 11) is 0. The molecule has 3 nitrogen and oxygen atoms in total. The Balaban J connectivity index is 5.49. The lowest BCUT2D eigenvalue weighted by molar-refractivity contribution is -0.122. The van der Waals surface area contributed by atoms with Crippen molar-refractivity contribution >= 4 is 5.78 Å². The summed E-state index contributed by atoms with van der Waals surface area (Å²) in [5.74, 6) is -0.456. The first-order chi connectivity index (χ1) is 6.51. The fourth-order valence-corrected chi connectivity index (χ4v) is 0.961. The average Bonchev–Trinajstić information content (AvgIpc) is 2.01. The van der Waals surface area contributed by atoms with Crippen LogP contribution in [0.3, 0.4) is 0 Å². The third kappa shape index (κ3) is 3.39. The van der Waals surface area contributed by atoms with E-state index in [4.69, 9.17) is 5.26 Å². The van der Waals surface area contributed by atoms with Crippen molar-refractivity contribution in [3.63, 3.8) is 0 Å². The highest BCUT2D eigenvalue weighted by molar-refractivity contribution is 6.02. The number of Topliss-reactive ketones (excluding diaryl/α,β-unsaturated/α-hetero) is 1. The molecule has 0 fully saturated rings. The van der Waals surface area contributed by atoms with E-state index in [9.17, 15) is 9.90 Å². The molecule has 0 aromatic rings. The maximum atomic E-state index is 11.8. The van der Waals surface area contributed by atoms with E-state index in [0.717, 1.165) is 0 Å². The minimum Gasteiger partial charge on any atom is -0.510 e. The Bertz CT molecular complexity index is 332. The molecule has 0 radical (unpaired) electrons. The van der Waals surface area contributed by atoms with Crippen molar-refractivity contribution in [3.05, 3.63) is 11.3 Å². The van der Waals surface area contributed by atoms with Gasteiger partial charge in [-0.1, -0.05) is 41.5 Å². The molecular weight excluding hydrogens is 190 g/mol. The van der Waals surface area contributed by atoms with Crippen molar-refractivity contribution in [3.8, 4) is 6.07 Å². The molecule has 1 N–H and O–H groups in total. The van der Waals surface area contributed by atoms with E-state index in [2.05, 4.69) is 0 Å². The van der Waals surface area contributed by atoms with Crippen LogP contribution >= 0.6 is 0 Å². The fourth-order valence-electron chi connectivity index (χ4n) is 0.961. The Kier molecular flexibility index (Phi) is 3.71. The van der Waals surface area contributed by atoms with Gasteiger partial charge in [0.2, 0.25) is 0 Å². The van der Waals surface area contributed by atoms with Crippen molar-refractivity contribution in [1.82, 2.24) is 0 Å². The van der Waals surface area contributed by atoms with Crippen LogP contribution in [0, 0.1) is 22.2 Å². The molecule has 84 valence electrons. The Morgan fingerprint density at radius 2 is 1.47 bits per heavy atom. The standard InChI is InChI=1S/C12H19NO2/c1-11(2,3)9(14)8(7-13)10(15)12(4,5)6/h14H,1-6H3. The molecule has 0 aromatic carbocycles. The van der Waals surface area contributed by atoms with E-state index in [1.807, 2.05) is 0 Å². The van der Waals surface area contributed by atoms with Gasteiger partial charge in [-0.2, -0.15) is 5.26 Å². The molecule has 0 aliphatic heterocycles. The van der Waals surface area contributed by atoms with Crippen LogP contribution in [0.5, 0.6) is 0 Å². The molecule has 0 heterocycles. The first-order valence-corrected chi connectivity index (χ1v) is 4.90. The summed E-state index contributed by atoms with van der Waals surface area (Å²) in [6.07, 6.45) is 0. The average molecular weight is 209 g/mol. The summed E-state index contributed by atoms with van der Waals surface area (Å²) in [4.78, 5) is 11.8. The SMILES string of the molecule is CC(C)(C)C(=O)C(C#N)=C(O)C(C)(C)C. The minimum absolute atomic E-state index is 0.130. The van der Waals surface area contributed by atoms with E-state index in [1.54, 1.807) is 47.6 Å². The van der Waals surface area contributed by atoms with Crippen LogP contribution in [0.1, 0.15) is 41.5 Å². The maximum absolute atomic E-state index is 11.8. The smallest absolute Gasteiger partial charge is 0.182 e. The highest BCUT2D eigenvalue weighted by atomic mass is 16.3. The van der Waals surface area contributed by atoms with Crippen molar-refractivity contribution in [2.45, 2.75) is 41.5 Å². The van der Waals surface area contributed by atoms with Crippen LogP contribution in [0.4, 0.5) is 0 Å². The number of hydrogen-bond acceptors (Lipinski definition) is 3. The number of aliphatic hydroxyl groups excluding tert-OH is 1. The Morgan fingerprint density at radius 3 is 1.67 bits per heavy atom. The minimum atomic E-state index is -0.649. The van der Waals surface area contributed by atoms with Gasteiger partial charge in [-0.05, 0) is 0 Å². The van der Waals surface area contributed by atoms with E-state index in [1.165, 1.54) is 0 Å². The maximum Gasteiger partial charge on any atom is 0.182 e. The monoisotopic (exact) mass is 209 g/mol. The first-order valence-electron chi connectivity index (χ1n) is 4.90. The highest BCUT2D eigenvalue weighted by Gasteiger charge is 2.31. The quantitative estimate of drug-likeness (QED) is 0.410. The molecule has 0 saturated heterocycles. The molecule has 0 unspecified atom stereocenters. The van der Waals surface area contributed by atoms with Gasteiger partial charge in [-0.25, -0.2) is 0 Å². The lowest BCUT2D eigenvalue weighted by Crippen LogP contribution is -2.25. The Morgan fingerprint density at radius 1 is 1.07 bits per heavy atom. The number of carbonyl (C=O) groups excluding carboxylic acids is 1. The number of allylic oxidation sites excluding steroid dienone is 2. The van der Waals surface area contributed by atoms with Crippen molar-refractivity contribution in [2.24, 2.45) is 10.8 Å². The van der Waals surface area contributed by atoms with E-state index in [0.29, 0.717) is 0 Å². The summed E-state index contributed by atoms with van der Waals surface area (Å²) < 4.78 is 0. The number of ketones is 1. The molecule has 0 bridgehead atoms. The second-order valence-corrected chi connectivity index (χ2v) is 5.66. The molecule has 0 rings (SSSR count). The topological polar surface area (TPSA) is 61.1 Å². The zero-order valence-electron chi connectivity index (χ0n) is 10.3. The van der Waals surface area contributed by atoms with Crippen molar-refractivity contribution in [1.29, 1.82) is 5.26 Å². The molecule has 0 spiro atoms. The van der Waals surface area contributed by atoms with E-state index in [-0.39, 0.29) is 17.1 Å². The van der Waals surface area contributed by atoms with Gasteiger partial charge in [0, 0.05) is 10.8 Å². The molecule has 0 saturated carbocycles. The van der Waals surface area contributed by atoms with Crippen molar-refractivity contribution < 1.29 is 9.90 Å². The predicted molar refractivity (Wildman–Crippen MR) is 59.2 cm³/mol. The first kappa shape index (κ1) is 13.7. The summed E-state index contributed by atoms with van der Waals surface area (Å²) in [6.45, 7) is 10.5. The molecular formula is C12H19NO2. The van der Waals surface area contributed by atoms with Gasteiger partial charge >= 0.3 is 0 Å². The van der Waals surface area contributed by atoms with Crippen LogP contribution < -0.4 is 0 Å². The van der Waals surface area contributed by atoms with Gasteiger partial charge in [0.15, 0.2) is 5.78 Å². The van der Waals surface area contributed by atoms with Crippen LogP contribution in [0.15, 0.2) is 11.3 Å². The second kappa shape index (κ2) is 4.06. The van der Waals surface area contributed by atoms with Gasteiger partial charge in [0.1, 0.15) is 17.4 Å². The molecule has 3 heteroatoms. The van der Waals surface area contributed by atoms with Gasteiger partial charge in [-0.15, -0.1) is 0 Å². The highest BCUT2D eigenvalue weighted by Crippen LogP contribution is 2.29. The van der Waals surface area contributed by atoms with Gasteiger partial charge in [0.25, 0.3) is 0 Å². The number of aliphatic hydroxyl groups is 1. The third-order valence-corrected chi connectivity index (χ3v) is 1.97. The Labute approximate surface area is 91.4 Å². The van der Waals surface area contributed by atoms with Gasteiger partial charge < -0.3 is 5.11 Å². The number of carbonyl (C=O) groups is 1. The van der Waals surface area contributed by atoms with Gasteiger partial charge in [0.05, 0.1) is 0 Å². The zero-order valence-corrected chi connectivity index (χ0v) is 10.3. The molecule has 0 aromatic heterocycles. The largest absolute Gasteiger partial charge is 0.510 e. The fraction of sp³-hybridized carbons (Fsp3) is 0.667. The summed E-state index contributed by atoms with van der Waals surface area (Å²) in [6, 6.07) is 1.79. The summed E-state index contributed by atoms with van der Waals surface area (Å²) in [5, 5.41) is 18.7. The number of rotatable bonds is 1. The molecule has 15 heavy (non-hydrogen) atoms. The predicted octanol–water partition coefficient (Wildman–Crippen LogP) is 2.98. The van der Waals surface area contributed by atoms with E-state index >= 15 is 0 Å². The number of nitrogens with zero attached hydrogens (tertiary/aromatic N) is 1. The number of nitriles is 1. The molecule has 0 atom stereocenters. The van der Waals surface area contributed by atoms with Crippen LogP contribution in [0.25, 0.3) is 0 Å².